The summed E-state index contributed by atoms with van der Waals surface area (Å²) < 4.78 is 34.4. The predicted octanol–water partition coefficient (Wildman–Crippen LogP) is 4.92. The number of fused-ring (bicyclic) bond motifs is 1. The number of methoxy groups -OCH3 is 1. The van der Waals surface area contributed by atoms with Crippen molar-refractivity contribution in [3.05, 3.63) is 63.7 Å². The Bertz CT molecular complexity index is 1160. The van der Waals surface area contributed by atoms with Crippen LogP contribution in [0.4, 0.5) is 13.8 Å². The first-order chi connectivity index (χ1) is 13.8. The van der Waals surface area contributed by atoms with E-state index in [-0.39, 0.29) is 31.6 Å². The van der Waals surface area contributed by atoms with Crippen molar-refractivity contribution in [3.8, 4) is 22.6 Å². The number of phenolic OH excluding ortho intramolecular Hbond substituents is 1. The molecular formula is C20H12ClF2NO4S. The van der Waals surface area contributed by atoms with Gasteiger partial charge in [0.25, 0.3) is 11.6 Å². The first-order valence-corrected chi connectivity index (χ1v) is 9.47. The van der Waals surface area contributed by atoms with E-state index < -0.39 is 28.9 Å². The van der Waals surface area contributed by atoms with Gasteiger partial charge >= 0.3 is 0 Å². The Labute approximate surface area is 172 Å². The van der Waals surface area contributed by atoms with Gasteiger partial charge in [0.2, 0.25) is 5.78 Å². The predicted molar refractivity (Wildman–Crippen MR) is 105 cm³/mol. The minimum absolute atomic E-state index is 0.0321. The molecule has 9 heteroatoms. The Balaban J connectivity index is 1.91. The standard InChI is InChI=1S/C20H12ClF2NO4S/c1-28-11-5-2-9(3-6-11)20(23)16(26)15-14(12-7-4-10(22)8-13(12)25)17(21)29-18(15)24-19(20)27/h2-8,25H,1H3,(H,24,27). The van der Waals surface area contributed by atoms with E-state index in [1.54, 1.807) is 0 Å². The third-order valence-electron chi connectivity index (χ3n) is 4.66. The molecule has 0 bridgehead atoms. The fourth-order valence-electron chi connectivity index (χ4n) is 3.21. The van der Waals surface area contributed by atoms with Crippen LogP contribution in [0, 0.1) is 5.82 Å². The fourth-order valence-corrected chi connectivity index (χ4v) is 4.57. The zero-order chi connectivity index (χ0) is 20.9. The number of hydrogen-bond donors (Lipinski definition) is 2. The van der Waals surface area contributed by atoms with Crippen LogP contribution in [0.1, 0.15) is 15.9 Å². The summed E-state index contributed by atoms with van der Waals surface area (Å²) in [4.78, 5) is 25.8. The van der Waals surface area contributed by atoms with Crippen molar-refractivity contribution in [2.75, 3.05) is 12.4 Å². The lowest BCUT2D eigenvalue weighted by atomic mass is 9.83. The number of phenols is 1. The molecule has 1 atom stereocenters. The molecule has 0 saturated heterocycles. The molecule has 0 fully saturated rings. The number of carbonyl (C=O) groups excluding carboxylic acids is 2. The van der Waals surface area contributed by atoms with Crippen LogP contribution < -0.4 is 10.1 Å². The zero-order valence-electron chi connectivity index (χ0n) is 14.8. The molecule has 1 amide bonds. The molecular weight excluding hydrogens is 424 g/mol. The summed E-state index contributed by atoms with van der Waals surface area (Å²) >= 11 is 7.10. The van der Waals surface area contributed by atoms with E-state index in [1.165, 1.54) is 37.4 Å². The summed E-state index contributed by atoms with van der Waals surface area (Å²) in [5.74, 6) is -3.00. The second-order valence-electron chi connectivity index (χ2n) is 6.29. The molecule has 0 radical (unpaired) electrons. The van der Waals surface area contributed by atoms with Crippen LogP contribution in [0.3, 0.4) is 0 Å². The van der Waals surface area contributed by atoms with Gasteiger partial charge in [0.1, 0.15) is 26.7 Å². The Morgan fingerprint density at radius 2 is 1.83 bits per heavy atom. The second-order valence-corrected chi connectivity index (χ2v) is 7.91. The van der Waals surface area contributed by atoms with Crippen molar-refractivity contribution in [2.24, 2.45) is 0 Å². The Hall–Kier alpha value is -2.97. The van der Waals surface area contributed by atoms with Gasteiger partial charge in [-0.25, -0.2) is 8.78 Å². The maximum atomic E-state index is 15.9. The number of aromatic hydroxyl groups is 1. The van der Waals surface area contributed by atoms with Crippen LogP contribution in [0.25, 0.3) is 11.1 Å². The number of rotatable bonds is 3. The third kappa shape index (κ3) is 2.87. The molecule has 1 aromatic heterocycles. The SMILES string of the molecule is COc1ccc(C2(F)C(=O)Nc3sc(Cl)c(-c4ccc(F)cc4O)c3C2=O)cc1. The van der Waals surface area contributed by atoms with Gasteiger partial charge in [0, 0.05) is 22.8 Å². The van der Waals surface area contributed by atoms with Crippen molar-refractivity contribution >= 4 is 39.6 Å². The molecule has 1 aliphatic rings. The van der Waals surface area contributed by atoms with Crippen LogP contribution in [0.15, 0.2) is 42.5 Å². The van der Waals surface area contributed by atoms with E-state index in [4.69, 9.17) is 16.3 Å². The first kappa shape index (κ1) is 19.4. The number of anilines is 1. The monoisotopic (exact) mass is 435 g/mol. The van der Waals surface area contributed by atoms with Crippen LogP contribution in [-0.2, 0) is 10.5 Å². The number of carbonyl (C=O) groups is 2. The van der Waals surface area contributed by atoms with Crippen molar-refractivity contribution in [3.63, 3.8) is 0 Å². The van der Waals surface area contributed by atoms with Gasteiger partial charge in [0.05, 0.1) is 12.7 Å². The number of alkyl halides is 1. The number of ether oxygens (including phenoxy) is 1. The van der Waals surface area contributed by atoms with Gasteiger partial charge in [-0.05, 0) is 24.3 Å². The molecule has 0 saturated carbocycles. The number of amides is 1. The van der Waals surface area contributed by atoms with Crippen LogP contribution in [0.2, 0.25) is 4.34 Å². The molecule has 4 rings (SSSR count). The Morgan fingerprint density at radius 3 is 2.45 bits per heavy atom. The molecule has 29 heavy (non-hydrogen) atoms. The number of Topliss-reactive ketones (excluding diaryl/α,β-unsaturated/α-hetero) is 1. The highest BCUT2D eigenvalue weighted by Crippen LogP contribution is 2.51. The van der Waals surface area contributed by atoms with Gasteiger partial charge < -0.3 is 15.2 Å². The molecule has 5 nitrogen and oxygen atoms in total. The average Bonchev–Trinajstić information content (AvgIpc) is 3.02. The van der Waals surface area contributed by atoms with E-state index in [0.29, 0.717) is 5.75 Å². The van der Waals surface area contributed by atoms with Gasteiger partial charge in [-0.1, -0.05) is 23.7 Å². The lowest BCUT2D eigenvalue weighted by Crippen LogP contribution is -2.47. The molecule has 2 N–H and O–H groups in total. The van der Waals surface area contributed by atoms with Gasteiger partial charge in [-0.2, -0.15) is 0 Å². The fraction of sp³-hybridized carbons (Fsp3) is 0.100. The first-order valence-electron chi connectivity index (χ1n) is 8.28. The number of ketones is 1. The number of halogens is 3. The summed E-state index contributed by atoms with van der Waals surface area (Å²) in [6.45, 7) is 0. The summed E-state index contributed by atoms with van der Waals surface area (Å²) in [6, 6.07) is 8.59. The van der Waals surface area contributed by atoms with E-state index in [9.17, 15) is 19.1 Å². The van der Waals surface area contributed by atoms with Crippen molar-refractivity contribution < 1.29 is 28.2 Å². The number of nitrogens with one attached hydrogen (secondary N) is 1. The molecule has 1 aliphatic heterocycles. The lowest BCUT2D eigenvalue weighted by molar-refractivity contribution is -0.125. The maximum absolute atomic E-state index is 15.9. The van der Waals surface area contributed by atoms with E-state index in [1.807, 2.05) is 0 Å². The zero-order valence-corrected chi connectivity index (χ0v) is 16.3. The highest BCUT2D eigenvalue weighted by Gasteiger charge is 2.54. The van der Waals surface area contributed by atoms with Crippen molar-refractivity contribution in [1.82, 2.24) is 0 Å². The van der Waals surface area contributed by atoms with Gasteiger partial charge in [-0.15, -0.1) is 11.3 Å². The van der Waals surface area contributed by atoms with Crippen LogP contribution in [-0.4, -0.2) is 23.9 Å². The number of benzene rings is 2. The van der Waals surface area contributed by atoms with E-state index >= 15 is 4.39 Å². The quantitative estimate of drug-likeness (QED) is 0.572. The van der Waals surface area contributed by atoms with E-state index in [2.05, 4.69) is 5.32 Å². The van der Waals surface area contributed by atoms with Gasteiger partial charge in [0.15, 0.2) is 0 Å². The smallest absolute Gasteiger partial charge is 0.275 e. The van der Waals surface area contributed by atoms with Crippen LogP contribution >= 0.6 is 22.9 Å². The number of thiophene rings is 1. The molecule has 0 spiro atoms. The molecule has 0 aliphatic carbocycles. The third-order valence-corrected chi connectivity index (χ3v) is 5.98. The highest BCUT2D eigenvalue weighted by molar-refractivity contribution is 7.21. The van der Waals surface area contributed by atoms with Crippen LogP contribution in [0.5, 0.6) is 11.5 Å². The summed E-state index contributed by atoms with van der Waals surface area (Å²) in [6.07, 6.45) is 0. The molecule has 2 aromatic carbocycles. The molecule has 3 aromatic rings. The topological polar surface area (TPSA) is 75.6 Å². The molecule has 1 unspecified atom stereocenters. The average molecular weight is 436 g/mol. The Morgan fingerprint density at radius 1 is 1.14 bits per heavy atom. The summed E-state index contributed by atoms with van der Waals surface area (Å²) in [5, 5.41) is 12.6. The lowest BCUT2D eigenvalue weighted by Gasteiger charge is -2.28. The highest BCUT2D eigenvalue weighted by atomic mass is 35.5. The summed E-state index contributed by atoms with van der Waals surface area (Å²) in [7, 11) is 1.43. The van der Waals surface area contributed by atoms with Crippen molar-refractivity contribution in [2.45, 2.75) is 5.67 Å². The van der Waals surface area contributed by atoms with Gasteiger partial charge in [-0.3, -0.25) is 9.59 Å². The van der Waals surface area contributed by atoms with Crippen molar-refractivity contribution in [1.29, 1.82) is 0 Å². The summed E-state index contributed by atoms with van der Waals surface area (Å²) in [5.41, 5.74) is -3.28. The normalized spacial score (nSPS) is 18.3. The molecule has 148 valence electrons. The largest absolute Gasteiger partial charge is 0.507 e. The van der Waals surface area contributed by atoms with E-state index in [0.717, 1.165) is 23.5 Å². The Kier molecular flexibility index (Phi) is 4.55. The minimum Gasteiger partial charge on any atom is -0.507 e. The maximum Gasteiger partial charge on any atom is 0.275 e. The molecule has 2 heterocycles. The second kappa shape index (κ2) is 6.82. The minimum atomic E-state index is -3.01. The number of hydrogen-bond acceptors (Lipinski definition) is 5.